The molecule has 1 amide bonds. The third kappa shape index (κ3) is 3.48. The van der Waals surface area contributed by atoms with E-state index in [-0.39, 0.29) is 12.5 Å². The Bertz CT molecular complexity index is 853. The van der Waals surface area contributed by atoms with Crippen LogP contribution >= 0.6 is 0 Å². The number of carbonyl (C=O) groups excluding carboxylic acids is 1. The fourth-order valence-electron chi connectivity index (χ4n) is 2.41. The van der Waals surface area contributed by atoms with Crippen molar-refractivity contribution in [3.63, 3.8) is 0 Å². The number of fused-ring (bicyclic) bond motifs is 1. The van der Waals surface area contributed by atoms with Gasteiger partial charge in [0.25, 0.3) is 5.91 Å². The van der Waals surface area contributed by atoms with Gasteiger partial charge in [0, 0.05) is 37.9 Å². The molecule has 6 nitrogen and oxygen atoms in total. The van der Waals surface area contributed by atoms with E-state index in [4.69, 9.17) is 4.74 Å². The lowest BCUT2D eigenvalue weighted by atomic mass is 10.2. The molecule has 0 atom stereocenters. The van der Waals surface area contributed by atoms with Crippen molar-refractivity contribution < 1.29 is 9.53 Å². The molecule has 0 bridgehead atoms. The highest BCUT2D eigenvalue weighted by atomic mass is 16.5. The van der Waals surface area contributed by atoms with Crippen LogP contribution in [0.3, 0.4) is 0 Å². The van der Waals surface area contributed by atoms with E-state index in [1.54, 1.807) is 6.07 Å². The van der Waals surface area contributed by atoms with E-state index in [1.807, 2.05) is 73.0 Å². The van der Waals surface area contributed by atoms with Gasteiger partial charge in [-0.3, -0.25) is 4.79 Å². The molecule has 1 N–H and O–H groups in total. The zero-order valence-electron chi connectivity index (χ0n) is 14.0. The molecule has 0 aliphatic carbocycles. The molecular formula is C18H20N4O2. The number of imidazole rings is 1. The number of anilines is 2. The highest BCUT2D eigenvalue weighted by Gasteiger charge is 2.08. The summed E-state index contributed by atoms with van der Waals surface area (Å²) in [7, 11) is 3.94. The standard InChI is InChI=1S/C18H20N4O2/c1-13-11-22-10-4-5-16(18(22)19-13)24-12-17(23)20-14-6-8-15(9-7-14)21(2)3/h4-11H,12H2,1-3H3,(H,20,23). The highest BCUT2D eigenvalue weighted by molar-refractivity contribution is 5.92. The predicted molar refractivity (Wildman–Crippen MR) is 94.8 cm³/mol. The first-order valence-electron chi connectivity index (χ1n) is 7.67. The van der Waals surface area contributed by atoms with Crippen molar-refractivity contribution >= 4 is 22.9 Å². The number of amides is 1. The third-order valence-electron chi connectivity index (χ3n) is 3.59. The van der Waals surface area contributed by atoms with Crippen molar-refractivity contribution in [3.8, 4) is 5.75 Å². The molecule has 0 unspecified atom stereocenters. The quantitative estimate of drug-likeness (QED) is 0.784. The number of carbonyl (C=O) groups is 1. The summed E-state index contributed by atoms with van der Waals surface area (Å²) in [6.07, 6.45) is 3.81. The first-order chi connectivity index (χ1) is 11.5. The van der Waals surface area contributed by atoms with Crippen LogP contribution in [0, 0.1) is 6.92 Å². The number of aromatic nitrogens is 2. The third-order valence-corrected chi connectivity index (χ3v) is 3.59. The topological polar surface area (TPSA) is 58.9 Å². The van der Waals surface area contributed by atoms with Crippen LogP contribution in [0.1, 0.15) is 5.69 Å². The molecule has 24 heavy (non-hydrogen) atoms. The van der Waals surface area contributed by atoms with Crippen LogP contribution in [0.2, 0.25) is 0 Å². The van der Waals surface area contributed by atoms with E-state index in [2.05, 4.69) is 10.3 Å². The van der Waals surface area contributed by atoms with E-state index < -0.39 is 0 Å². The lowest BCUT2D eigenvalue weighted by Gasteiger charge is -2.13. The number of nitrogens with zero attached hydrogens (tertiary/aromatic N) is 3. The maximum absolute atomic E-state index is 12.1. The van der Waals surface area contributed by atoms with Crippen LogP contribution in [0.15, 0.2) is 48.8 Å². The molecule has 0 aliphatic rings. The van der Waals surface area contributed by atoms with Gasteiger partial charge in [-0.1, -0.05) is 0 Å². The lowest BCUT2D eigenvalue weighted by Crippen LogP contribution is -2.20. The van der Waals surface area contributed by atoms with Crippen LogP contribution in [0.4, 0.5) is 11.4 Å². The average Bonchev–Trinajstić information content (AvgIpc) is 2.94. The minimum atomic E-state index is -0.210. The average molecular weight is 324 g/mol. The summed E-state index contributed by atoms with van der Waals surface area (Å²) in [6, 6.07) is 11.3. The first-order valence-corrected chi connectivity index (χ1v) is 7.67. The molecule has 1 aromatic carbocycles. The van der Waals surface area contributed by atoms with E-state index in [1.165, 1.54) is 0 Å². The number of ether oxygens (including phenoxy) is 1. The van der Waals surface area contributed by atoms with Crippen molar-refractivity contribution in [2.45, 2.75) is 6.92 Å². The van der Waals surface area contributed by atoms with E-state index in [0.717, 1.165) is 17.1 Å². The van der Waals surface area contributed by atoms with E-state index >= 15 is 0 Å². The second-order valence-electron chi connectivity index (χ2n) is 5.76. The Morgan fingerprint density at radius 2 is 2.00 bits per heavy atom. The monoisotopic (exact) mass is 324 g/mol. The van der Waals surface area contributed by atoms with Crippen LogP contribution in [0.25, 0.3) is 5.65 Å². The number of hydrogen-bond acceptors (Lipinski definition) is 4. The normalized spacial score (nSPS) is 10.6. The summed E-state index contributed by atoms with van der Waals surface area (Å²) in [5.41, 5.74) is 3.42. The zero-order chi connectivity index (χ0) is 17.1. The van der Waals surface area contributed by atoms with Crippen molar-refractivity contribution in [1.82, 2.24) is 9.38 Å². The smallest absolute Gasteiger partial charge is 0.262 e. The largest absolute Gasteiger partial charge is 0.480 e. The van der Waals surface area contributed by atoms with Gasteiger partial charge in [0.05, 0.1) is 5.69 Å². The summed E-state index contributed by atoms with van der Waals surface area (Å²) in [5, 5.41) is 2.82. The summed E-state index contributed by atoms with van der Waals surface area (Å²) in [6.45, 7) is 1.85. The molecule has 2 aromatic heterocycles. The fraction of sp³-hybridized carbons (Fsp3) is 0.222. The van der Waals surface area contributed by atoms with Gasteiger partial charge < -0.3 is 19.4 Å². The maximum atomic E-state index is 12.1. The number of rotatable bonds is 5. The molecule has 6 heteroatoms. The summed E-state index contributed by atoms with van der Waals surface area (Å²) in [4.78, 5) is 18.5. The predicted octanol–water partition coefficient (Wildman–Crippen LogP) is 2.73. The Morgan fingerprint density at radius 3 is 2.71 bits per heavy atom. The van der Waals surface area contributed by atoms with Crippen LogP contribution in [-0.2, 0) is 4.79 Å². The first kappa shape index (κ1) is 15.9. The Morgan fingerprint density at radius 1 is 1.25 bits per heavy atom. The molecule has 0 radical (unpaired) electrons. The summed E-state index contributed by atoms with van der Waals surface area (Å²) < 4.78 is 7.50. The van der Waals surface area contributed by atoms with Gasteiger partial charge in [-0.2, -0.15) is 0 Å². The van der Waals surface area contributed by atoms with Gasteiger partial charge >= 0.3 is 0 Å². The summed E-state index contributed by atoms with van der Waals surface area (Å²) in [5.74, 6) is 0.376. The number of nitrogens with one attached hydrogen (secondary N) is 1. The number of pyridine rings is 1. The van der Waals surface area contributed by atoms with Gasteiger partial charge in [0.2, 0.25) is 0 Å². The van der Waals surface area contributed by atoms with Gasteiger partial charge in [0.1, 0.15) is 0 Å². The Labute approximate surface area is 140 Å². The molecule has 0 aliphatic heterocycles. The zero-order valence-corrected chi connectivity index (χ0v) is 14.0. The molecule has 0 saturated carbocycles. The van der Waals surface area contributed by atoms with Crippen molar-refractivity contribution in [3.05, 3.63) is 54.5 Å². The van der Waals surface area contributed by atoms with Gasteiger partial charge in [-0.25, -0.2) is 4.98 Å². The molecule has 2 heterocycles. The maximum Gasteiger partial charge on any atom is 0.262 e. The Hall–Kier alpha value is -3.02. The van der Waals surface area contributed by atoms with E-state index in [9.17, 15) is 4.79 Å². The summed E-state index contributed by atoms with van der Waals surface area (Å²) >= 11 is 0. The van der Waals surface area contributed by atoms with Gasteiger partial charge in [-0.05, 0) is 43.3 Å². The van der Waals surface area contributed by atoms with Crippen molar-refractivity contribution in [2.75, 3.05) is 30.9 Å². The highest BCUT2D eigenvalue weighted by Crippen LogP contribution is 2.19. The molecule has 0 fully saturated rings. The van der Waals surface area contributed by atoms with Crippen LogP contribution < -0.4 is 15.0 Å². The van der Waals surface area contributed by atoms with Gasteiger partial charge in [-0.15, -0.1) is 0 Å². The fourth-order valence-corrected chi connectivity index (χ4v) is 2.41. The second kappa shape index (κ2) is 6.62. The van der Waals surface area contributed by atoms with Crippen LogP contribution in [-0.4, -0.2) is 36.0 Å². The molecule has 124 valence electrons. The molecule has 3 aromatic rings. The number of benzene rings is 1. The Balaban J connectivity index is 1.62. The van der Waals surface area contributed by atoms with Crippen molar-refractivity contribution in [1.29, 1.82) is 0 Å². The molecule has 0 saturated heterocycles. The molecule has 3 rings (SSSR count). The number of aryl methyl sites for hydroxylation is 1. The molecular weight excluding hydrogens is 304 g/mol. The second-order valence-corrected chi connectivity index (χ2v) is 5.76. The van der Waals surface area contributed by atoms with Gasteiger partial charge in [0.15, 0.2) is 18.0 Å². The van der Waals surface area contributed by atoms with E-state index in [0.29, 0.717) is 11.4 Å². The lowest BCUT2D eigenvalue weighted by molar-refractivity contribution is -0.118. The van der Waals surface area contributed by atoms with Crippen molar-refractivity contribution in [2.24, 2.45) is 0 Å². The minimum absolute atomic E-state index is 0.0684. The Kier molecular flexibility index (Phi) is 4.37. The molecule has 0 spiro atoms. The SMILES string of the molecule is Cc1cn2cccc(OCC(=O)Nc3ccc(N(C)C)cc3)c2n1. The number of hydrogen-bond donors (Lipinski definition) is 1. The minimum Gasteiger partial charge on any atom is -0.480 e. The van der Waals surface area contributed by atoms with Crippen LogP contribution in [0.5, 0.6) is 5.75 Å².